The molecule has 0 radical (unpaired) electrons. The van der Waals surface area contributed by atoms with Crippen molar-refractivity contribution in [3.63, 3.8) is 0 Å². The topological polar surface area (TPSA) is 29.1 Å². The summed E-state index contributed by atoms with van der Waals surface area (Å²) in [5.74, 6) is -2.32. The molecule has 0 aliphatic heterocycles. The smallest absolute Gasteiger partial charge is 0.258 e. The lowest BCUT2D eigenvalue weighted by Gasteiger charge is -2.07. The van der Waals surface area contributed by atoms with E-state index < -0.39 is 17.5 Å². The molecule has 0 aromatic heterocycles. The van der Waals surface area contributed by atoms with Crippen molar-refractivity contribution in [2.24, 2.45) is 0 Å². The molecule has 1 N–H and O–H groups in total. The van der Waals surface area contributed by atoms with Crippen molar-refractivity contribution < 1.29 is 13.6 Å². The maximum absolute atomic E-state index is 13.4. The first-order chi connectivity index (χ1) is 8.97. The van der Waals surface area contributed by atoms with Crippen LogP contribution in [0.15, 0.2) is 40.9 Å². The Morgan fingerprint density at radius 2 is 1.89 bits per heavy atom. The third kappa shape index (κ3) is 3.30. The molecule has 0 atom stereocenters. The Morgan fingerprint density at radius 3 is 2.53 bits per heavy atom. The molecule has 0 bridgehead atoms. The van der Waals surface area contributed by atoms with Gasteiger partial charge in [0.2, 0.25) is 0 Å². The Bertz CT molecular complexity index is 649. The van der Waals surface area contributed by atoms with Crippen LogP contribution in [0.25, 0.3) is 0 Å². The summed E-state index contributed by atoms with van der Waals surface area (Å²) in [5, 5.41) is 2.89. The van der Waals surface area contributed by atoms with E-state index in [1.807, 2.05) is 0 Å². The van der Waals surface area contributed by atoms with Gasteiger partial charge in [0, 0.05) is 16.2 Å². The van der Waals surface area contributed by atoms with Crippen molar-refractivity contribution in [1.82, 2.24) is 0 Å². The van der Waals surface area contributed by atoms with E-state index in [9.17, 15) is 13.6 Å². The SMILES string of the molecule is O=C(Nc1ccc(Br)c(Cl)c1)c1ccc(F)cc1F. The van der Waals surface area contributed by atoms with Crippen molar-refractivity contribution in [2.75, 3.05) is 5.32 Å². The number of nitrogens with one attached hydrogen (secondary N) is 1. The summed E-state index contributed by atoms with van der Waals surface area (Å²) in [4.78, 5) is 11.8. The maximum atomic E-state index is 13.4. The average molecular weight is 347 g/mol. The van der Waals surface area contributed by atoms with Crippen LogP contribution in [0.5, 0.6) is 0 Å². The highest BCUT2D eigenvalue weighted by atomic mass is 79.9. The minimum Gasteiger partial charge on any atom is -0.322 e. The van der Waals surface area contributed by atoms with E-state index in [0.717, 1.165) is 12.1 Å². The molecular weight excluding hydrogens is 340 g/mol. The van der Waals surface area contributed by atoms with Crippen LogP contribution in [0, 0.1) is 11.6 Å². The highest BCUT2D eigenvalue weighted by Crippen LogP contribution is 2.25. The molecule has 0 unspecified atom stereocenters. The molecule has 0 fully saturated rings. The number of hydrogen-bond acceptors (Lipinski definition) is 1. The monoisotopic (exact) mass is 345 g/mol. The summed E-state index contributed by atoms with van der Waals surface area (Å²) in [5.41, 5.74) is 0.183. The molecule has 2 aromatic carbocycles. The molecule has 2 nitrogen and oxygen atoms in total. The quantitative estimate of drug-likeness (QED) is 0.844. The standard InChI is InChI=1S/C13H7BrClF2NO/c14-10-4-2-8(6-11(10)15)18-13(19)9-3-1-7(16)5-12(9)17/h1-6H,(H,18,19). The lowest BCUT2D eigenvalue weighted by molar-refractivity contribution is 0.102. The van der Waals surface area contributed by atoms with Crippen molar-refractivity contribution in [1.29, 1.82) is 0 Å². The summed E-state index contributed by atoms with van der Waals surface area (Å²) < 4.78 is 26.8. The second kappa shape index (κ2) is 5.67. The molecule has 0 aliphatic carbocycles. The Labute approximate surface area is 121 Å². The number of carbonyl (C=O) groups is 1. The first-order valence-corrected chi connectivity index (χ1v) is 6.36. The van der Waals surface area contributed by atoms with Gasteiger partial charge >= 0.3 is 0 Å². The van der Waals surface area contributed by atoms with Gasteiger partial charge in [-0.25, -0.2) is 8.78 Å². The van der Waals surface area contributed by atoms with Crippen LogP contribution in [-0.4, -0.2) is 5.91 Å². The Balaban J connectivity index is 2.23. The fourth-order valence-electron chi connectivity index (χ4n) is 1.45. The van der Waals surface area contributed by atoms with Gasteiger partial charge < -0.3 is 5.32 Å². The number of carbonyl (C=O) groups excluding carboxylic acids is 1. The molecule has 98 valence electrons. The molecule has 0 aliphatic rings. The van der Waals surface area contributed by atoms with Gasteiger partial charge in [0.1, 0.15) is 11.6 Å². The fourth-order valence-corrected chi connectivity index (χ4v) is 1.87. The van der Waals surface area contributed by atoms with E-state index in [2.05, 4.69) is 21.2 Å². The first kappa shape index (κ1) is 14.0. The second-order valence-electron chi connectivity index (χ2n) is 3.71. The minimum atomic E-state index is -0.916. The van der Waals surface area contributed by atoms with Gasteiger partial charge in [-0.1, -0.05) is 11.6 Å². The molecule has 0 saturated carbocycles. The molecule has 6 heteroatoms. The summed E-state index contributed by atoms with van der Waals surface area (Å²) >= 11 is 9.09. The highest BCUT2D eigenvalue weighted by molar-refractivity contribution is 9.10. The van der Waals surface area contributed by atoms with Crippen molar-refractivity contribution in [3.8, 4) is 0 Å². The highest BCUT2D eigenvalue weighted by Gasteiger charge is 2.13. The zero-order valence-electron chi connectivity index (χ0n) is 9.38. The van der Waals surface area contributed by atoms with Crippen molar-refractivity contribution in [3.05, 3.63) is 63.1 Å². The third-order valence-electron chi connectivity index (χ3n) is 2.35. The van der Waals surface area contributed by atoms with E-state index in [4.69, 9.17) is 11.6 Å². The number of halogens is 4. The van der Waals surface area contributed by atoms with Crippen LogP contribution in [-0.2, 0) is 0 Å². The van der Waals surface area contributed by atoms with E-state index in [-0.39, 0.29) is 5.56 Å². The van der Waals surface area contributed by atoms with E-state index >= 15 is 0 Å². The zero-order valence-corrected chi connectivity index (χ0v) is 11.7. The molecule has 0 saturated heterocycles. The van der Waals surface area contributed by atoms with Crippen molar-refractivity contribution in [2.45, 2.75) is 0 Å². The summed E-state index contributed by atoms with van der Waals surface area (Å²) in [7, 11) is 0. The summed E-state index contributed by atoms with van der Waals surface area (Å²) in [6, 6.07) is 7.54. The predicted molar refractivity (Wildman–Crippen MR) is 73.5 cm³/mol. The van der Waals surface area contributed by atoms with Gasteiger partial charge in [0.25, 0.3) is 5.91 Å². The van der Waals surface area contributed by atoms with Gasteiger partial charge in [-0.15, -0.1) is 0 Å². The fraction of sp³-hybridized carbons (Fsp3) is 0. The van der Waals surface area contributed by atoms with Gasteiger partial charge in [0.05, 0.1) is 10.6 Å². The largest absolute Gasteiger partial charge is 0.322 e. The van der Waals surface area contributed by atoms with Gasteiger partial charge in [-0.2, -0.15) is 0 Å². The van der Waals surface area contributed by atoms with Crippen LogP contribution < -0.4 is 5.32 Å². The van der Waals surface area contributed by atoms with Crippen LogP contribution in [0.3, 0.4) is 0 Å². The number of rotatable bonds is 2. The molecule has 19 heavy (non-hydrogen) atoms. The van der Waals surface area contributed by atoms with Crippen LogP contribution in [0.1, 0.15) is 10.4 Å². The lowest BCUT2D eigenvalue weighted by Crippen LogP contribution is -2.13. The Morgan fingerprint density at radius 1 is 1.16 bits per heavy atom. The molecule has 2 aromatic rings. The summed E-state index contributed by atoms with van der Waals surface area (Å²) in [6.07, 6.45) is 0. The zero-order chi connectivity index (χ0) is 14.0. The number of anilines is 1. The average Bonchev–Trinajstić information content (AvgIpc) is 2.33. The van der Waals surface area contributed by atoms with E-state index in [1.165, 1.54) is 6.07 Å². The summed E-state index contributed by atoms with van der Waals surface area (Å²) in [6.45, 7) is 0. The maximum Gasteiger partial charge on any atom is 0.258 e. The number of hydrogen-bond donors (Lipinski definition) is 1. The normalized spacial score (nSPS) is 10.3. The van der Waals surface area contributed by atoms with Crippen LogP contribution in [0.4, 0.5) is 14.5 Å². The number of benzene rings is 2. The Hall–Kier alpha value is -1.46. The predicted octanol–water partition coefficient (Wildman–Crippen LogP) is 4.63. The minimum absolute atomic E-state index is 0.236. The molecule has 0 spiro atoms. The first-order valence-electron chi connectivity index (χ1n) is 5.19. The van der Waals surface area contributed by atoms with Gasteiger partial charge in [-0.3, -0.25) is 4.79 Å². The number of amides is 1. The van der Waals surface area contributed by atoms with Gasteiger partial charge in [-0.05, 0) is 46.3 Å². The molecule has 0 heterocycles. The van der Waals surface area contributed by atoms with Crippen molar-refractivity contribution >= 4 is 39.1 Å². The lowest BCUT2D eigenvalue weighted by atomic mass is 10.2. The van der Waals surface area contributed by atoms with Crippen LogP contribution >= 0.6 is 27.5 Å². The van der Waals surface area contributed by atoms with E-state index in [1.54, 1.807) is 12.1 Å². The van der Waals surface area contributed by atoms with E-state index in [0.29, 0.717) is 21.2 Å². The molecule has 1 amide bonds. The molecular formula is C13H7BrClF2NO. The van der Waals surface area contributed by atoms with Crippen LogP contribution in [0.2, 0.25) is 5.02 Å². The van der Waals surface area contributed by atoms with Gasteiger partial charge in [0.15, 0.2) is 0 Å². The third-order valence-corrected chi connectivity index (χ3v) is 3.59. The molecule has 2 rings (SSSR count). The second-order valence-corrected chi connectivity index (χ2v) is 4.97. The Kier molecular flexibility index (Phi) is 4.17.